The van der Waals surface area contributed by atoms with Gasteiger partial charge in [-0.25, -0.2) is 0 Å². The van der Waals surface area contributed by atoms with Gasteiger partial charge >= 0.3 is 0 Å². The standard InChI is InChI=1S/C12H12N2S/c1-8(2)14-11-4-3-9(7-13)5-10(11)6-12(14)15/h3-5,8H,6H2,1-2H3. The Hall–Kier alpha value is -1.40. The van der Waals surface area contributed by atoms with E-state index in [0.717, 1.165) is 17.1 Å². The molecular formula is C12H12N2S. The van der Waals surface area contributed by atoms with E-state index in [0.29, 0.717) is 11.6 Å². The van der Waals surface area contributed by atoms with Gasteiger partial charge in [0.1, 0.15) is 0 Å². The Morgan fingerprint density at radius 3 is 2.80 bits per heavy atom. The zero-order valence-corrected chi connectivity index (χ0v) is 9.64. The van der Waals surface area contributed by atoms with E-state index in [1.807, 2.05) is 18.2 Å². The Morgan fingerprint density at radius 2 is 2.20 bits per heavy atom. The van der Waals surface area contributed by atoms with Crippen LogP contribution in [0, 0.1) is 11.3 Å². The molecule has 0 atom stereocenters. The van der Waals surface area contributed by atoms with E-state index in [-0.39, 0.29) is 0 Å². The predicted octanol–water partition coefficient (Wildman–Crippen LogP) is 2.66. The van der Waals surface area contributed by atoms with Crippen molar-refractivity contribution in [3.63, 3.8) is 0 Å². The zero-order valence-electron chi connectivity index (χ0n) is 8.82. The van der Waals surface area contributed by atoms with Crippen LogP contribution in [0.5, 0.6) is 0 Å². The Balaban J connectivity index is 2.48. The third-order valence-electron chi connectivity index (χ3n) is 2.59. The van der Waals surface area contributed by atoms with Crippen molar-refractivity contribution in [1.29, 1.82) is 5.26 Å². The molecular weight excluding hydrogens is 204 g/mol. The van der Waals surface area contributed by atoms with E-state index >= 15 is 0 Å². The summed E-state index contributed by atoms with van der Waals surface area (Å²) >= 11 is 5.34. The van der Waals surface area contributed by atoms with Gasteiger partial charge in [0.05, 0.1) is 16.6 Å². The van der Waals surface area contributed by atoms with E-state index in [2.05, 4.69) is 24.8 Å². The fourth-order valence-electron chi connectivity index (χ4n) is 1.98. The summed E-state index contributed by atoms with van der Waals surface area (Å²) in [7, 11) is 0. The van der Waals surface area contributed by atoms with E-state index < -0.39 is 0 Å². The van der Waals surface area contributed by atoms with Crippen LogP contribution >= 0.6 is 12.2 Å². The average Bonchev–Trinajstić information content (AvgIpc) is 2.52. The molecule has 0 bridgehead atoms. The summed E-state index contributed by atoms with van der Waals surface area (Å²) in [4.78, 5) is 3.11. The molecule has 1 aliphatic heterocycles. The molecule has 1 aromatic rings. The van der Waals surface area contributed by atoms with E-state index in [4.69, 9.17) is 17.5 Å². The van der Waals surface area contributed by atoms with Gasteiger partial charge in [-0.2, -0.15) is 5.26 Å². The van der Waals surface area contributed by atoms with Gasteiger partial charge in [0.25, 0.3) is 0 Å². The second-order valence-corrected chi connectivity index (χ2v) is 4.46. The van der Waals surface area contributed by atoms with Crippen LogP contribution in [0.25, 0.3) is 0 Å². The van der Waals surface area contributed by atoms with Gasteiger partial charge in [-0.1, -0.05) is 12.2 Å². The first kappa shape index (κ1) is 10.1. The minimum Gasteiger partial charge on any atom is -0.333 e. The number of benzene rings is 1. The van der Waals surface area contributed by atoms with Gasteiger partial charge in [-0.15, -0.1) is 0 Å². The minimum atomic E-state index is 0.381. The number of nitrogens with zero attached hydrogens (tertiary/aromatic N) is 2. The zero-order chi connectivity index (χ0) is 11.0. The number of hydrogen-bond acceptors (Lipinski definition) is 2. The Morgan fingerprint density at radius 1 is 1.47 bits per heavy atom. The molecule has 0 saturated heterocycles. The number of hydrogen-bond donors (Lipinski definition) is 0. The second kappa shape index (κ2) is 3.63. The Kier molecular flexibility index (Phi) is 2.45. The molecule has 0 radical (unpaired) electrons. The lowest BCUT2D eigenvalue weighted by Crippen LogP contribution is -2.32. The highest BCUT2D eigenvalue weighted by atomic mass is 32.1. The molecule has 76 valence electrons. The molecule has 0 aromatic heterocycles. The molecule has 0 spiro atoms. The van der Waals surface area contributed by atoms with Crippen molar-refractivity contribution in [2.45, 2.75) is 26.3 Å². The molecule has 15 heavy (non-hydrogen) atoms. The van der Waals surface area contributed by atoms with Crippen molar-refractivity contribution in [2.75, 3.05) is 4.90 Å². The van der Waals surface area contributed by atoms with Crippen LogP contribution in [-0.4, -0.2) is 11.0 Å². The van der Waals surface area contributed by atoms with Gasteiger partial charge < -0.3 is 4.90 Å². The summed E-state index contributed by atoms with van der Waals surface area (Å²) in [5.41, 5.74) is 3.05. The van der Waals surface area contributed by atoms with Crippen LogP contribution in [0.4, 0.5) is 5.69 Å². The van der Waals surface area contributed by atoms with Crippen LogP contribution < -0.4 is 4.90 Å². The molecule has 2 nitrogen and oxygen atoms in total. The summed E-state index contributed by atoms with van der Waals surface area (Å²) in [5, 5.41) is 8.81. The molecule has 1 aliphatic rings. The fraction of sp³-hybridized carbons (Fsp3) is 0.333. The summed E-state index contributed by atoms with van der Waals surface area (Å²) in [6.07, 6.45) is 0.790. The van der Waals surface area contributed by atoms with Gasteiger partial charge in [-0.3, -0.25) is 0 Å². The molecule has 0 unspecified atom stereocenters. The summed E-state index contributed by atoms with van der Waals surface area (Å²) in [6.45, 7) is 4.25. The van der Waals surface area contributed by atoms with Crippen LogP contribution in [0.2, 0.25) is 0 Å². The van der Waals surface area contributed by atoms with Crippen molar-refractivity contribution in [3.8, 4) is 6.07 Å². The molecule has 1 aromatic carbocycles. The first-order chi connectivity index (χ1) is 7.13. The molecule has 1 heterocycles. The summed E-state index contributed by atoms with van der Waals surface area (Å²) < 4.78 is 0. The highest BCUT2D eigenvalue weighted by Crippen LogP contribution is 2.31. The van der Waals surface area contributed by atoms with E-state index in [1.54, 1.807) is 0 Å². The predicted molar refractivity (Wildman–Crippen MR) is 65.1 cm³/mol. The Labute approximate surface area is 95.1 Å². The molecule has 3 heteroatoms. The second-order valence-electron chi connectivity index (χ2n) is 3.99. The highest BCUT2D eigenvalue weighted by Gasteiger charge is 2.25. The number of fused-ring (bicyclic) bond motifs is 1. The monoisotopic (exact) mass is 216 g/mol. The Bertz CT molecular complexity index is 457. The van der Waals surface area contributed by atoms with Crippen molar-refractivity contribution in [3.05, 3.63) is 29.3 Å². The normalized spacial score (nSPS) is 14.3. The molecule has 0 fully saturated rings. The summed E-state index contributed by atoms with van der Waals surface area (Å²) in [5.74, 6) is 0. The molecule has 0 saturated carbocycles. The molecule has 0 amide bonds. The van der Waals surface area contributed by atoms with Crippen molar-refractivity contribution in [2.24, 2.45) is 0 Å². The van der Waals surface area contributed by atoms with Gasteiger partial charge in [0.2, 0.25) is 0 Å². The number of nitriles is 1. The van der Waals surface area contributed by atoms with Crippen molar-refractivity contribution in [1.82, 2.24) is 0 Å². The number of anilines is 1. The van der Waals surface area contributed by atoms with Crippen molar-refractivity contribution >= 4 is 22.9 Å². The lowest BCUT2D eigenvalue weighted by molar-refractivity contribution is 0.817. The molecule has 0 aliphatic carbocycles. The number of thiocarbonyl (C=S) groups is 1. The maximum atomic E-state index is 8.81. The lowest BCUT2D eigenvalue weighted by atomic mass is 10.1. The maximum Gasteiger partial charge on any atom is 0.0991 e. The van der Waals surface area contributed by atoms with Crippen LogP contribution in [0.1, 0.15) is 25.0 Å². The maximum absolute atomic E-state index is 8.81. The van der Waals surface area contributed by atoms with E-state index in [9.17, 15) is 0 Å². The fourth-order valence-corrected chi connectivity index (χ4v) is 2.44. The van der Waals surface area contributed by atoms with Crippen LogP contribution in [0.3, 0.4) is 0 Å². The lowest BCUT2D eigenvalue weighted by Gasteiger charge is -2.23. The van der Waals surface area contributed by atoms with Crippen LogP contribution in [-0.2, 0) is 6.42 Å². The van der Waals surface area contributed by atoms with Crippen LogP contribution in [0.15, 0.2) is 18.2 Å². The minimum absolute atomic E-state index is 0.381. The SMILES string of the molecule is CC(C)N1C(=S)Cc2cc(C#N)ccc21. The van der Waals surface area contributed by atoms with Gasteiger partial charge in [-0.05, 0) is 37.6 Å². The number of rotatable bonds is 1. The largest absolute Gasteiger partial charge is 0.333 e. The highest BCUT2D eigenvalue weighted by molar-refractivity contribution is 7.80. The molecule has 2 rings (SSSR count). The quantitative estimate of drug-likeness (QED) is 0.675. The van der Waals surface area contributed by atoms with Gasteiger partial charge in [0.15, 0.2) is 0 Å². The third-order valence-corrected chi connectivity index (χ3v) is 2.94. The third kappa shape index (κ3) is 1.62. The smallest absolute Gasteiger partial charge is 0.0991 e. The first-order valence-corrected chi connectivity index (χ1v) is 5.39. The summed E-state index contributed by atoms with van der Waals surface area (Å²) in [6, 6.07) is 8.31. The topological polar surface area (TPSA) is 27.0 Å². The first-order valence-electron chi connectivity index (χ1n) is 4.98. The van der Waals surface area contributed by atoms with Crippen molar-refractivity contribution < 1.29 is 0 Å². The van der Waals surface area contributed by atoms with Gasteiger partial charge in [0, 0.05) is 18.2 Å². The van der Waals surface area contributed by atoms with E-state index in [1.165, 1.54) is 5.56 Å². The average molecular weight is 216 g/mol. The molecule has 0 N–H and O–H groups in total.